The van der Waals surface area contributed by atoms with Crippen LogP contribution < -0.4 is 44.6 Å². The first-order valence-electron chi connectivity index (χ1n) is 11.1. The quantitative estimate of drug-likeness (QED) is 0.0509. The number of aliphatic carboxylic acids is 1. The third-order valence-corrected chi connectivity index (χ3v) is 4.70. The van der Waals surface area contributed by atoms with Crippen LogP contribution in [-0.2, 0) is 28.8 Å². The molecule has 0 spiro atoms. The summed E-state index contributed by atoms with van der Waals surface area (Å²) in [5.41, 5.74) is 26.5. The van der Waals surface area contributed by atoms with Crippen molar-refractivity contribution in [1.29, 1.82) is 0 Å². The lowest BCUT2D eigenvalue weighted by Gasteiger charge is -2.24. The second-order valence-electron chi connectivity index (χ2n) is 8.55. The number of nitrogens with zero attached hydrogens (tertiary/aromatic N) is 1. The predicted octanol–water partition coefficient (Wildman–Crippen LogP) is -4.30. The first kappa shape index (κ1) is 32.0. The number of nitrogens with two attached hydrogens (primary N) is 5. The second-order valence-corrected chi connectivity index (χ2v) is 8.55. The van der Waals surface area contributed by atoms with E-state index in [-0.39, 0.29) is 31.3 Å². The first-order chi connectivity index (χ1) is 16.6. The number of guanidine groups is 1. The van der Waals surface area contributed by atoms with Crippen molar-refractivity contribution in [2.75, 3.05) is 6.54 Å². The van der Waals surface area contributed by atoms with Gasteiger partial charge in [0.2, 0.25) is 29.5 Å². The van der Waals surface area contributed by atoms with Crippen LogP contribution in [0.4, 0.5) is 0 Å². The number of hydrogen-bond donors (Lipinski definition) is 9. The van der Waals surface area contributed by atoms with Gasteiger partial charge >= 0.3 is 5.97 Å². The molecule has 0 radical (unpaired) electrons. The standard InChI is InChI=1S/C20H37N9O7/c1-9(2)6-10(21)16(32)28-12(7-14(22)30)18(34)29-13(8-15(23)31)17(33)27-11(19(35)36)4-3-5-26-20(24)25/h9-13H,3-8,21H2,1-2H3,(H2,22,30)(H2,23,31)(H,27,33)(H,28,32)(H,29,34)(H,35,36)(H4,24,25,26). The van der Waals surface area contributed by atoms with E-state index in [1.54, 1.807) is 0 Å². The molecular weight excluding hydrogens is 478 g/mol. The Bertz CT molecular complexity index is 843. The van der Waals surface area contributed by atoms with E-state index in [0.29, 0.717) is 6.42 Å². The summed E-state index contributed by atoms with van der Waals surface area (Å²) in [5.74, 6) is -6.20. The minimum absolute atomic E-state index is 0.0663. The summed E-state index contributed by atoms with van der Waals surface area (Å²) in [7, 11) is 0. The minimum Gasteiger partial charge on any atom is -0.480 e. The molecule has 16 nitrogen and oxygen atoms in total. The molecule has 0 heterocycles. The molecular formula is C20H37N9O7. The zero-order valence-electron chi connectivity index (χ0n) is 20.4. The maximum atomic E-state index is 12.8. The molecule has 5 amide bonds. The summed E-state index contributed by atoms with van der Waals surface area (Å²) in [6.45, 7) is 3.77. The lowest BCUT2D eigenvalue weighted by Crippen LogP contribution is -2.58. The van der Waals surface area contributed by atoms with Crippen LogP contribution in [-0.4, -0.2) is 77.3 Å². The van der Waals surface area contributed by atoms with Crippen molar-refractivity contribution in [1.82, 2.24) is 16.0 Å². The summed E-state index contributed by atoms with van der Waals surface area (Å²) in [6.07, 6.45) is -0.890. The van der Waals surface area contributed by atoms with Crippen molar-refractivity contribution in [3.05, 3.63) is 0 Å². The molecule has 4 unspecified atom stereocenters. The molecule has 0 rings (SSSR count). The van der Waals surface area contributed by atoms with Crippen molar-refractivity contribution in [3.8, 4) is 0 Å². The number of primary amides is 2. The SMILES string of the molecule is CC(C)CC(N)C(=O)NC(CC(N)=O)C(=O)NC(CC(N)=O)C(=O)NC(CCCN=C(N)N)C(=O)O. The smallest absolute Gasteiger partial charge is 0.326 e. The third kappa shape index (κ3) is 13.7. The number of carbonyl (C=O) groups excluding carboxylic acids is 5. The largest absolute Gasteiger partial charge is 0.480 e. The van der Waals surface area contributed by atoms with E-state index in [0.717, 1.165) is 0 Å². The number of nitrogens with one attached hydrogen (secondary N) is 3. The Morgan fingerprint density at radius 2 is 1.22 bits per heavy atom. The zero-order valence-corrected chi connectivity index (χ0v) is 20.4. The number of rotatable bonds is 17. The average Bonchev–Trinajstić information content (AvgIpc) is 2.73. The fourth-order valence-electron chi connectivity index (χ4n) is 3.02. The van der Waals surface area contributed by atoms with E-state index >= 15 is 0 Å². The van der Waals surface area contributed by atoms with Gasteiger partial charge in [0.25, 0.3) is 0 Å². The normalized spacial score (nSPS) is 14.0. The van der Waals surface area contributed by atoms with E-state index < -0.39 is 72.5 Å². The van der Waals surface area contributed by atoms with Crippen LogP contribution in [0.2, 0.25) is 0 Å². The molecule has 0 aliphatic heterocycles. The number of carboxylic acid groups (broad SMARTS) is 1. The van der Waals surface area contributed by atoms with Gasteiger partial charge in [-0.3, -0.25) is 29.0 Å². The number of carboxylic acids is 1. The highest BCUT2D eigenvalue weighted by Crippen LogP contribution is 2.05. The lowest BCUT2D eigenvalue weighted by atomic mass is 10.0. The van der Waals surface area contributed by atoms with Crippen molar-refractivity contribution >= 4 is 41.5 Å². The average molecular weight is 516 g/mol. The molecule has 0 saturated heterocycles. The Balaban J connectivity index is 5.50. The molecule has 4 atom stereocenters. The maximum Gasteiger partial charge on any atom is 0.326 e. The van der Waals surface area contributed by atoms with Gasteiger partial charge in [-0.05, 0) is 25.2 Å². The Morgan fingerprint density at radius 3 is 1.61 bits per heavy atom. The van der Waals surface area contributed by atoms with Gasteiger partial charge in [0.1, 0.15) is 18.1 Å². The number of carbonyl (C=O) groups is 6. The Morgan fingerprint density at radius 1 is 0.778 bits per heavy atom. The molecule has 0 fully saturated rings. The summed E-state index contributed by atoms with van der Waals surface area (Å²) in [6, 6.07) is -5.49. The van der Waals surface area contributed by atoms with Crippen molar-refractivity contribution in [3.63, 3.8) is 0 Å². The molecule has 14 N–H and O–H groups in total. The van der Waals surface area contributed by atoms with Gasteiger partial charge in [0.15, 0.2) is 5.96 Å². The number of hydrogen-bond acceptors (Lipinski definition) is 8. The van der Waals surface area contributed by atoms with E-state index in [2.05, 4.69) is 20.9 Å². The second kappa shape index (κ2) is 15.9. The Labute approximate surface area is 208 Å². The van der Waals surface area contributed by atoms with Gasteiger partial charge in [-0.15, -0.1) is 0 Å². The molecule has 0 aromatic carbocycles. The summed E-state index contributed by atoms with van der Waals surface area (Å²) in [4.78, 5) is 76.0. The highest BCUT2D eigenvalue weighted by molar-refractivity contribution is 5.97. The number of aliphatic imine (C=N–C) groups is 1. The summed E-state index contributed by atoms with van der Waals surface area (Å²) >= 11 is 0. The van der Waals surface area contributed by atoms with Crippen LogP contribution >= 0.6 is 0 Å². The highest BCUT2D eigenvalue weighted by Gasteiger charge is 2.32. The van der Waals surface area contributed by atoms with Crippen LogP contribution in [0.1, 0.15) is 46.0 Å². The van der Waals surface area contributed by atoms with Crippen LogP contribution in [0.25, 0.3) is 0 Å². The van der Waals surface area contributed by atoms with Crippen molar-refractivity contribution in [2.24, 2.45) is 39.6 Å². The van der Waals surface area contributed by atoms with Crippen LogP contribution in [0.3, 0.4) is 0 Å². The molecule has 0 saturated carbocycles. The molecule has 36 heavy (non-hydrogen) atoms. The lowest BCUT2D eigenvalue weighted by molar-refractivity contribution is -0.142. The molecule has 16 heteroatoms. The van der Waals surface area contributed by atoms with E-state index in [9.17, 15) is 33.9 Å². The highest BCUT2D eigenvalue weighted by atomic mass is 16.4. The van der Waals surface area contributed by atoms with Gasteiger partial charge < -0.3 is 49.7 Å². The first-order valence-corrected chi connectivity index (χ1v) is 11.1. The van der Waals surface area contributed by atoms with Crippen molar-refractivity contribution < 1.29 is 33.9 Å². The maximum absolute atomic E-state index is 12.8. The molecule has 0 aromatic rings. The fraction of sp³-hybridized carbons (Fsp3) is 0.650. The van der Waals surface area contributed by atoms with Gasteiger partial charge in [-0.2, -0.15) is 0 Å². The molecule has 0 aliphatic carbocycles. The Hall–Kier alpha value is -3.95. The number of amides is 5. The topological polar surface area (TPSA) is 301 Å². The molecule has 204 valence electrons. The minimum atomic E-state index is -1.61. The summed E-state index contributed by atoms with van der Waals surface area (Å²) in [5, 5.41) is 16.1. The van der Waals surface area contributed by atoms with Gasteiger partial charge in [-0.1, -0.05) is 13.8 Å². The van der Waals surface area contributed by atoms with Crippen LogP contribution in [0, 0.1) is 5.92 Å². The van der Waals surface area contributed by atoms with Crippen LogP contribution in [0.5, 0.6) is 0 Å². The van der Waals surface area contributed by atoms with Gasteiger partial charge in [0, 0.05) is 6.54 Å². The van der Waals surface area contributed by atoms with Crippen molar-refractivity contribution in [2.45, 2.75) is 70.1 Å². The summed E-state index contributed by atoms with van der Waals surface area (Å²) < 4.78 is 0. The van der Waals surface area contributed by atoms with Gasteiger partial charge in [-0.25, -0.2) is 4.79 Å². The zero-order chi connectivity index (χ0) is 28.0. The predicted molar refractivity (Wildman–Crippen MR) is 128 cm³/mol. The van der Waals surface area contributed by atoms with Crippen LogP contribution in [0.15, 0.2) is 4.99 Å². The van der Waals surface area contributed by atoms with E-state index in [1.165, 1.54) is 0 Å². The molecule has 0 bridgehead atoms. The molecule has 0 aromatic heterocycles. The van der Waals surface area contributed by atoms with E-state index in [4.69, 9.17) is 28.7 Å². The third-order valence-electron chi connectivity index (χ3n) is 4.70. The Kier molecular flexibility index (Phi) is 14.1. The van der Waals surface area contributed by atoms with E-state index in [1.807, 2.05) is 13.8 Å². The molecule has 0 aliphatic rings. The monoisotopic (exact) mass is 515 g/mol. The van der Waals surface area contributed by atoms with Gasteiger partial charge in [0.05, 0.1) is 18.9 Å². The fourth-order valence-corrected chi connectivity index (χ4v) is 3.02.